The molecule has 2 saturated heterocycles. The second-order valence-corrected chi connectivity index (χ2v) is 7.02. The number of nitrogens with zero attached hydrogens (tertiary/aromatic N) is 2. The number of piperazine rings is 1. The van der Waals surface area contributed by atoms with Crippen molar-refractivity contribution in [1.82, 2.24) is 9.80 Å². The second kappa shape index (κ2) is 7.87. The third-order valence-corrected chi connectivity index (χ3v) is 4.91. The average Bonchev–Trinajstić information content (AvgIpc) is 3.16. The van der Waals surface area contributed by atoms with E-state index in [4.69, 9.17) is 4.74 Å². The molecule has 0 radical (unpaired) electrons. The summed E-state index contributed by atoms with van der Waals surface area (Å²) in [5.74, 6) is 0.543. The highest BCUT2D eigenvalue weighted by Crippen LogP contribution is 2.18. The van der Waals surface area contributed by atoms with Gasteiger partial charge in [-0.05, 0) is 36.5 Å². The van der Waals surface area contributed by atoms with E-state index >= 15 is 0 Å². The molecule has 0 aliphatic carbocycles. The molecular weight excluding hydrogens is 318 g/mol. The maximum Gasteiger partial charge on any atom is 0.321 e. The molecule has 0 spiro atoms. The smallest absolute Gasteiger partial charge is 0.321 e. The number of nitrogens with one attached hydrogen (secondary N) is 1. The van der Waals surface area contributed by atoms with Crippen LogP contribution in [0.25, 0.3) is 0 Å². The lowest BCUT2D eigenvalue weighted by Crippen LogP contribution is -2.53. The fourth-order valence-corrected chi connectivity index (χ4v) is 3.26. The van der Waals surface area contributed by atoms with Crippen molar-refractivity contribution in [2.45, 2.75) is 38.7 Å². The Bertz CT molecular complexity index is 601. The maximum atomic E-state index is 12.4. The van der Waals surface area contributed by atoms with Crippen LogP contribution in [0.2, 0.25) is 0 Å². The molecule has 3 amide bonds. The first-order chi connectivity index (χ1) is 12.0. The molecule has 0 bridgehead atoms. The van der Waals surface area contributed by atoms with Crippen molar-refractivity contribution in [2.24, 2.45) is 0 Å². The Balaban J connectivity index is 1.48. The summed E-state index contributed by atoms with van der Waals surface area (Å²) in [5.41, 5.74) is 2.05. The van der Waals surface area contributed by atoms with Gasteiger partial charge in [-0.2, -0.15) is 0 Å². The van der Waals surface area contributed by atoms with Crippen LogP contribution in [0.5, 0.6) is 0 Å². The van der Waals surface area contributed by atoms with E-state index in [-0.39, 0.29) is 18.0 Å². The van der Waals surface area contributed by atoms with Crippen LogP contribution in [0.3, 0.4) is 0 Å². The molecule has 1 atom stereocenters. The molecule has 2 aliphatic heterocycles. The van der Waals surface area contributed by atoms with Crippen molar-refractivity contribution in [3.05, 3.63) is 29.8 Å². The van der Waals surface area contributed by atoms with Crippen molar-refractivity contribution < 1.29 is 14.3 Å². The lowest BCUT2D eigenvalue weighted by Gasteiger charge is -2.35. The fourth-order valence-electron chi connectivity index (χ4n) is 3.26. The zero-order valence-corrected chi connectivity index (χ0v) is 15.0. The summed E-state index contributed by atoms with van der Waals surface area (Å²) in [7, 11) is 0. The van der Waals surface area contributed by atoms with E-state index in [1.807, 2.05) is 29.2 Å². The number of hydrogen-bond donors (Lipinski definition) is 1. The quantitative estimate of drug-likeness (QED) is 0.916. The third-order valence-electron chi connectivity index (χ3n) is 4.91. The van der Waals surface area contributed by atoms with Crippen molar-refractivity contribution in [1.29, 1.82) is 0 Å². The predicted molar refractivity (Wildman–Crippen MR) is 96.7 cm³/mol. The Morgan fingerprint density at radius 2 is 1.72 bits per heavy atom. The number of hydrogen-bond acceptors (Lipinski definition) is 3. The Morgan fingerprint density at radius 1 is 1.08 bits per heavy atom. The first-order valence-electron chi connectivity index (χ1n) is 9.11. The van der Waals surface area contributed by atoms with Gasteiger partial charge in [-0.1, -0.05) is 26.0 Å². The van der Waals surface area contributed by atoms with E-state index in [1.54, 1.807) is 4.90 Å². The molecule has 1 aromatic rings. The SMILES string of the molecule is CC(C)c1ccc(NC(=O)N2CCN(C(=O)C3CCCO3)CC2)cc1. The number of carbonyl (C=O) groups excluding carboxylic acids is 2. The van der Waals surface area contributed by atoms with Gasteiger partial charge in [0, 0.05) is 38.5 Å². The summed E-state index contributed by atoms with van der Waals surface area (Å²) in [6, 6.07) is 7.84. The summed E-state index contributed by atoms with van der Waals surface area (Å²) < 4.78 is 5.46. The molecule has 2 heterocycles. The van der Waals surface area contributed by atoms with Gasteiger partial charge in [-0.3, -0.25) is 4.79 Å². The number of rotatable bonds is 3. The molecule has 6 nitrogen and oxygen atoms in total. The summed E-state index contributed by atoms with van der Waals surface area (Å²) in [4.78, 5) is 28.3. The van der Waals surface area contributed by atoms with Gasteiger partial charge in [-0.25, -0.2) is 4.79 Å². The lowest BCUT2D eigenvalue weighted by atomic mass is 10.0. The summed E-state index contributed by atoms with van der Waals surface area (Å²) in [6.07, 6.45) is 1.49. The van der Waals surface area contributed by atoms with Gasteiger partial charge in [-0.15, -0.1) is 0 Å². The van der Waals surface area contributed by atoms with Crippen molar-refractivity contribution in [3.8, 4) is 0 Å². The van der Waals surface area contributed by atoms with Crippen molar-refractivity contribution in [2.75, 3.05) is 38.1 Å². The summed E-state index contributed by atoms with van der Waals surface area (Å²) >= 11 is 0. The number of urea groups is 1. The summed E-state index contributed by atoms with van der Waals surface area (Å²) in [5, 5.41) is 2.94. The Morgan fingerprint density at radius 3 is 2.28 bits per heavy atom. The normalized spacial score (nSPS) is 20.8. The second-order valence-electron chi connectivity index (χ2n) is 7.02. The molecule has 1 aromatic carbocycles. The predicted octanol–water partition coefficient (Wildman–Crippen LogP) is 2.67. The molecular formula is C19H27N3O3. The van der Waals surface area contributed by atoms with Crippen LogP contribution in [0.1, 0.15) is 38.2 Å². The van der Waals surface area contributed by atoms with Crippen LogP contribution in [-0.2, 0) is 9.53 Å². The van der Waals surface area contributed by atoms with Crippen molar-refractivity contribution in [3.63, 3.8) is 0 Å². The zero-order chi connectivity index (χ0) is 17.8. The Kier molecular flexibility index (Phi) is 5.58. The highest BCUT2D eigenvalue weighted by molar-refractivity contribution is 5.89. The lowest BCUT2D eigenvalue weighted by molar-refractivity contribution is -0.142. The van der Waals surface area contributed by atoms with Crippen LogP contribution in [0.15, 0.2) is 24.3 Å². The van der Waals surface area contributed by atoms with Gasteiger partial charge in [0.25, 0.3) is 5.91 Å². The van der Waals surface area contributed by atoms with Crippen LogP contribution >= 0.6 is 0 Å². The van der Waals surface area contributed by atoms with E-state index < -0.39 is 0 Å². The van der Waals surface area contributed by atoms with Gasteiger partial charge < -0.3 is 19.9 Å². The van der Waals surface area contributed by atoms with Crippen LogP contribution in [0, 0.1) is 0 Å². The highest BCUT2D eigenvalue weighted by atomic mass is 16.5. The molecule has 2 aliphatic rings. The number of benzene rings is 1. The molecule has 0 saturated carbocycles. The van der Waals surface area contributed by atoms with Gasteiger partial charge in [0.1, 0.15) is 6.10 Å². The zero-order valence-electron chi connectivity index (χ0n) is 15.0. The monoisotopic (exact) mass is 345 g/mol. The molecule has 2 fully saturated rings. The number of ether oxygens (including phenoxy) is 1. The van der Waals surface area contributed by atoms with Gasteiger partial charge in [0.2, 0.25) is 0 Å². The van der Waals surface area contributed by atoms with E-state index in [1.165, 1.54) is 5.56 Å². The van der Waals surface area contributed by atoms with Gasteiger partial charge >= 0.3 is 6.03 Å². The minimum atomic E-state index is -0.278. The van der Waals surface area contributed by atoms with Crippen LogP contribution in [0.4, 0.5) is 10.5 Å². The third kappa shape index (κ3) is 4.31. The number of amides is 3. The largest absolute Gasteiger partial charge is 0.368 e. The van der Waals surface area contributed by atoms with E-state index in [0.29, 0.717) is 38.7 Å². The molecule has 1 N–H and O–H groups in total. The first kappa shape index (κ1) is 17.7. The van der Waals surface area contributed by atoms with E-state index in [2.05, 4.69) is 19.2 Å². The molecule has 6 heteroatoms. The van der Waals surface area contributed by atoms with Gasteiger partial charge in [0.05, 0.1) is 0 Å². The molecule has 1 unspecified atom stereocenters. The van der Waals surface area contributed by atoms with Crippen molar-refractivity contribution >= 4 is 17.6 Å². The van der Waals surface area contributed by atoms with Crippen LogP contribution in [-0.4, -0.2) is 60.6 Å². The van der Waals surface area contributed by atoms with Gasteiger partial charge in [0.15, 0.2) is 0 Å². The standard InChI is InChI=1S/C19H27N3O3/c1-14(2)15-5-7-16(8-6-15)20-19(24)22-11-9-21(10-12-22)18(23)17-4-3-13-25-17/h5-8,14,17H,3-4,9-13H2,1-2H3,(H,20,24). The fraction of sp³-hybridized carbons (Fsp3) is 0.579. The molecule has 25 heavy (non-hydrogen) atoms. The minimum absolute atomic E-state index is 0.0711. The number of anilines is 1. The molecule has 3 rings (SSSR count). The number of carbonyl (C=O) groups is 2. The minimum Gasteiger partial charge on any atom is -0.368 e. The summed E-state index contributed by atoms with van der Waals surface area (Å²) in [6.45, 7) is 7.20. The van der Waals surface area contributed by atoms with E-state index in [0.717, 1.165) is 18.5 Å². The average molecular weight is 345 g/mol. The Hall–Kier alpha value is -2.08. The topological polar surface area (TPSA) is 61.9 Å². The first-order valence-corrected chi connectivity index (χ1v) is 9.11. The van der Waals surface area contributed by atoms with Crippen LogP contribution < -0.4 is 5.32 Å². The van der Waals surface area contributed by atoms with E-state index in [9.17, 15) is 9.59 Å². The molecule has 136 valence electrons. The maximum absolute atomic E-state index is 12.4. The Labute approximate surface area is 149 Å². The highest BCUT2D eigenvalue weighted by Gasteiger charge is 2.31. The molecule has 0 aromatic heterocycles.